The zero-order chi connectivity index (χ0) is 10.8. The van der Waals surface area contributed by atoms with Gasteiger partial charge in [-0.25, -0.2) is 0 Å². The number of nitrogens with two attached hydrogens (primary N) is 1. The molecule has 0 spiro atoms. The van der Waals surface area contributed by atoms with Crippen molar-refractivity contribution < 1.29 is 0 Å². The van der Waals surface area contributed by atoms with Crippen LogP contribution in [0.15, 0.2) is 0 Å². The summed E-state index contributed by atoms with van der Waals surface area (Å²) in [6.07, 6.45) is 17.5. The summed E-state index contributed by atoms with van der Waals surface area (Å²) in [7, 11) is 0. The van der Waals surface area contributed by atoms with Gasteiger partial charge in [0.15, 0.2) is 0 Å². The average molecular weight is 211 g/mol. The van der Waals surface area contributed by atoms with E-state index in [1.54, 1.807) is 0 Å². The summed E-state index contributed by atoms with van der Waals surface area (Å²) in [6, 6.07) is 0. The van der Waals surface area contributed by atoms with E-state index in [0.29, 0.717) is 0 Å². The second-order valence-electron chi connectivity index (χ2n) is 5.20. The minimum Gasteiger partial charge on any atom is -0.330 e. The van der Waals surface area contributed by atoms with E-state index in [1.807, 2.05) is 0 Å². The minimum absolute atomic E-state index is 0.894. The Hall–Kier alpha value is -0.0400. The largest absolute Gasteiger partial charge is 0.330 e. The molecular weight excluding hydrogens is 182 g/mol. The molecule has 0 heterocycles. The lowest BCUT2D eigenvalue weighted by atomic mass is 9.87. The number of hydrogen-bond acceptors (Lipinski definition) is 1. The molecule has 2 saturated carbocycles. The Labute approximate surface area is 95.8 Å². The van der Waals surface area contributed by atoms with E-state index in [9.17, 15) is 0 Å². The van der Waals surface area contributed by atoms with E-state index in [2.05, 4.69) is 0 Å². The van der Waals surface area contributed by atoms with E-state index in [1.165, 1.54) is 77.0 Å². The summed E-state index contributed by atoms with van der Waals surface area (Å²) in [5.41, 5.74) is 5.46. The van der Waals surface area contributed by atoms with Gasteiger partial charge in [-0.15, -0.1) is 0 Å². The highest BCUT2D eigenvalue weighted by atomic mass is 14.5. The summed E-state index contributed by atoms with van der Waals surface area (Å²) < 4.78 is 0. The van der Waals surface area contributed by atoms with Crippen molar-refractivity contribution in [3.05, 3.63) is 0 Å². The Bertz CT molecular complexity index is 109. The van der Waals surface area contributed by atoms with Crippen molar-refractivity contribution in [2.75, 3.05) is 6.54 Å². The summed E-state index contributed by atoms with van der Waals surface area (Å²) in [5, 5.41) is 0. The van der Waals surface area contributed by atoms with Crippen molar-refractivity contribution in [3.63, 3.8) is 0 Å². The van der Waals surface area contributed by atoms with E-state index in [-0.39, 0.29) is 0 Å². The van der Waals surface area contributed by atoms with Crippen LogP contribution in [-0.2, 0) is 0 Å². The lowest BCUT2D eigenvalue weighted by Gasteiger charge is -2.20. The van der Waals surface area contributed by atoms with Gasteiger partial charge in [0.1, 0.15) is 0 Å². The van der Waals surface area contributed by atoms with E-state index in [4.69, 9.17) is 5.73 Å². The van der Waals surface area contributed by atoms with Gasteiger partial charge in [0, 0.05) is 0 Å². The first kappa shape index (κ1) is 13.0. The molecule has 0 bridgehead atoms. The third kappa shape index (κ3) is 6.94. The van der Waals surface area contributed by atoms with Gasteiger partial charge < -0.3 is 5.73 Å². The van der Waals surface area contributed by atoms with Crippen molar-refractivity contribution in [1.29, 1.82) is 0 Å². The molecule has 2 aliphatic carbocycles. The number of hydrogen-bond donors (Lipinski definition) is 1. The normalized spacial score (nSPS) is 23.0. The molecule has 0 aromatic carbocycles. The molecule has 0 amide bonds. The smallest absolute Gasteiger partial charge is 0.00746 e. The molecule has 2 N–H and O–H groups in total. The molecule has 1 heteroatoms. The first-order chi connectivity index (χ1) is 7.43. The zero-order valence-corrected chi connectivity index (χ0v) is 10.3. The molecule has 2 rings (SSSR count). The summed E-state index contributed by atoms with van der Waals surface area (Å²) in [6.45, 7) is 0.894. The molecule has 0 radical (unpaired) electrons. The van der Waals surface area contributed by atoms with Gasteiger partial charge in [-0.1, -0.05) is 70.6 Å². The van der Waals surface area contributed by atoms with Gasteiger partial charge in [-0.2, -0.15) is 0 Å². The summed E-state index contributed by atoms with van der Waals surface area (Å²) in [5.74, 6) is 0.976. The molecule has 0 atom stereocenters. The first-order valence-electron chi connectivity index (χ1n) is 7.13. The van der Waals surface area contributed by atoms with E-state index >= 15 is 0 Å². The van der Waals surface area contributed by atoms with Gasteiger partial charge in [0.05, 0.1) is 0 Å². The van der Waals surface area contributed by atoms with Crippen LogP contribution in [0.5, 0.6) is 0 Å². The standard InChI is InChI=1S/C8H17N.C6H12/c9-7-6-8-4-2-1-3-5-8;1-2-4-6-5-3-1/h8H,1-7,9H2;1-6H2. The third-order valence-electron chi connectivity index (χ3n) is 3.80. The first-order valence-corrected chi connectivity index (χ1v) is 7.13. The van der Waals surface area contributed by atoms with E-state index in [0.717, 1.165) is 12.5 Å². The van der Waals surface area contributed by atoms with Gasteiger partial charge in [0.25, 0.3) is 0 Å². The molecule has 0 aromatic rings. The van der Waals surface area contributed by atoms with Crippen LogP contribution < -0.4 is 5.73 Å². The van der Waals surface area contributed by atoms with Crippen molar-refractivity contribution >= 4 is 0 Å². The van der Waals surface area contributed by atoms with Crippen LogP contribution in [0.2, 0.25) is 0 Å². The zero-order valence-electron chi connectivity index (χ0n) is 10.3. The van der Waals surface area contributed by atoms with Crippen LogP contribution in [0.1, 0.15) is 77.0 Å². The molecule has 0 saturated heterocycles. The maximum atomic E-state index is 5.46. The van der Waals surface area contributed by atoms with E-state index < -0.39 is 0 Å². The van der Waals surface area contributed by atoms with Crippen molar-refractivity contribution in [2.45, 2.75) is 77.0 Å². The fraction of sp³-hybridized carbons (Fsp3) is 1.00. The Morgan fingerprint density at radius 2 is 1.07 bits per heavy atom. The van der Waals surface area contributed by atoms with Crippen LogP contribution in [0, 0.1) is 5.92 Å². The molecule has 1 nitrogen and oxygen atoms in total. The third-order valence-corrected chi connectivity index (χ3v) is 3.80. The molecule has 15 heavy (non-hydrogen) atoms. The van der Waals surface area contributed by atoms with Crippen molar-refractivity contribution in [3.8, 4) is 0 Å². The fourth-order valence-corrected chi connectivity index (χ4v) is 2.77. The van der Waals surface area contributed by atoms with Crippen molar-refractivity contribution in [2.24, 2.45) is 11.7 Å². The molecule has 0 unspecified atom stereocenters. The highest BCUT2D eigenvalue weighted by Gasteiger charge is 2.11. The SMILES string of the molecule is C1CCCCC1.NCCC1CCCCC1. The number of rotatable bonds is 2. The highest BCUT2D eigenvalue weighted by Crippen LogP contribution is 2.25. The lowest BCUT2D eigenvalue weighted by molar-refractivity contribution is 0.343. The topological polar surface area (TPSA) is 26.0 Å². The van der Waals surface area contributed by atoms with Crippen LogP contribution in [0.3, 0.4) is 0 Å². The molecule has 0 aliphatic heterocycles. The lowest BCUT2D eigenvalue weighted by Crippen LogP contribution is -2.11. The average Bonchev–Trinajstić information content (AvgIpc) is 2.34. The molecule has 0 aromatic heterocycles. The molecular formula is C14H29N. The Balaban J connectivity index is 0.000000162. The van der Waals surface area contributed by atoms with Gasteiger partial charge in [-0.05, 0) is 18.9 Å². The van der Waals surface area contributed by atoms with Gasteiger partial charge >= 0.3 is 0 Å². The monoisotopic (exact) mass is 211 g/mol. The Kier molecular flexibility index (Phi) is 7.99. The fourth-order valence-electron chi connectivity index (χ4n) is 2.77. The predicted molar refractivity (Wildman–Crippen MR) is 67.9 cm³/mol. The van der Waals surface area contributed by atoms with Crippen molar-refractivity contribution in [1.82, 2.24) is 0 Å². The highest BCUT2D eigenvalue weighted by molar-refractivity contribution is 4.65. The Morgan fingerprint density at radius 3 is 1.47 bits per heavy atom. The van der Waals surface area contributed by atoms with Gasteiger partial charge in [0.2, 0.25) is 0 Å². The summed E-state index contributed by atoms with van der Waals surface area (Å²) in [4.78, 5) is 0. The Morgan fingerprint density at radius 1 is 0.667 bits per heavy atom. The van der Waals surface area contributed by atoms with Gasteiger partial charge in [-0.3, -0.25) is 0 Å². The van der Waals surface area contributed by atoms with Crippen LogP contribution in [0.4, 0.5) is 0 Å². The minimum atomic E-state index is 0.894. The maximum absolute atomic E-state index is 5.46. The second-order valence-corrected chi connectivity index (χ2v) is 5.20. The van der Waals surface area contributed by atoms with Crippen LogP contribution >= 0.6 is 0 Å². The molecule has 2 fully saturated rings. The quantitative estimate of drug-likeness (QED) is 0.726. The summed E-state index contributed by atoms with van der Waals surface area (Å²) >= 11 is 0. The molecule has 90 valence electrons. The van der Waals surface area contributed by atoms with Crippen LogP contribution in [0.25, 0.3) is 0 Å². The predicted octanol–water partition coefficient (Wildman–Crippen LogP) is 4.26. The van der Waals surface area contributed by atoms with Crippen LogP contribution in [-0.4, -0.2) is 6.54 Å². The second kappa shape index (κ2) is 9.21. The molecule has 2 aliphatic rings. The maximum Gasteiger partial charge on any atom is -0.00746 e.